The summed E-state index contributed by atoms with van der Waals surface area (Å²) in [6, 6.07) is 16.8. The SMILES string of the molecule is COc1cccc(CNC(=O)CCn2cnc3onc(-c4ccccc4)c3c2=O)c1. The van der Waals surface area contributed by atoms with Gasteiger partial charge < -0.3 is 14.6 Å². The normalized spacial score (nSPS) is 10.8. The van der Waals surface area contributed by atoms with Crippen LogP contribution in [0.3, 0.4) is 0 Å². The summed E-state index contributed by atoms with van der Waals surface area (Å²) in [4.78, 5) is 29.3. The molecule has 8 heteroatoms. The maximum absolute atomic E-state index is 12.9. The third-order valence-electron chi connectivity index (χ3n) is 4.71. The molecule has 0 atom stereocenters. The van der Waals surface area contributed by atoms with E-state index in [0.29, 0.717) is 17.6 Å². The molecule has 0 saturated heterocycles. The van der Waals surface area contributed by atoms with Gasteiger partial charge in [0.05, 0.1) is 7.11 Å². The van der Waals surface area contributed by atoms with Gasteiger partial charge in [0.2, 0.25) is 5.91 Å². The number of carbonyl (C=O) groups is 1. The van der Waals surface area contributed by atoms with Gasteiger partial charge in [-0.2, -0.15) is 0 Å². The third kappa shape index (κ3) is 4.07. The molecule has 30 heavy (non-hydrogen) atoms. The smallest absolute Gasteiger partial charge is 0.266 e. The summed E-state index contributed by atoms with van der Waals surface area (Å²) in [5.41, 5.74) is 2.03. The van der Waals surface area contributed by atoms with E-state index in [-0.39, 0.29) is 30.1 Å². The number of hydrogen-bond acceptors (Lipinski definition) is 6. The molecule has 0 aliphatic heterocycles. The van der Waals surface area contributed by atoms with Crippen LogP contribution in [0, 0.1) is 0 Å². The first kappa shape index (κ1) is 19.4. The zero-order chi connectivity index (χ0) is 20.9. The van der Waals surface area contributed by atoms with Crippen molar-refractivity contribution in [3.05, 3.63) is 76.8 Å². The molecule has 0 saturated carbocycles. The molecular weight excluding hydrogens is 384 g/mol. The average Bonchev–Trinajstić information content (AvgIpc) is 3.23. The summed E-state index contributed by atoms with van der Waals surface area (Å²) in [5.74, 6) is 0.564. The molecule has 1 amide bonds. The monoisotopic (exact) mass is 404 g/mol. The van der Waals surface area contributed by atoms with Gasteiger partial charge in [-0.1, -0.05) is 47.6 Å². The molecule has 0 aliphatic rings. The predicted molar refractivity (Wildman–Crippen MR) is 111 cm³/mol. The Morgan fingerprint density at radius 1 is 1.17 bits per heavy atom. The lowest BCUT2D eigenvalue weighted by atomic mass is 10.1. The summed E-state index contributed by atoms with van der Waals surface area (Å²) >= 11 is 0. The Morgan fingerprint density at radius 3 is 2.80 bits per heavy atom. The fourth-order valence-corrected chi connectivity index (χ4v) is 3.13. The third-order valence-corrected chi connectivity index (χ3v) is 4.71. The van der Waals surface area contributed by atoms with Crippen molar-refractivity contribution in [2.24, 2.45) is 0 Å². The van der Waals surface area contributed by atoms with E-state index < -0.39 is 0 Å². The number of nitrogens with zero attached hydrogens (tertiary/aromatic N) is 3. The largest absolute Gasteiger partial charge is 0.497 e. The van der Waals surface area contributed by atoms with Crippen LogP contribution in [0.25, 0.3) is 22.4 Å². The van der Waals surface area contributed by atoms with Gasteiger partial charge in [0.25, 0.3) is 11.3 Å². The zero-order valence-electron chi connectivity index (χ0n) is 16.4. The minimum Gasteiger partial charge on any atom is -0.497 e. The minimum atomic E-state index is -0.291. The standard InChI is InChI=1S/C22H20N4O4/c1-29-17-9-5-6-15(12-17)13-23-18(27)10-11-26-14-24-21-19(22(26)28)20(25-30-21)16-7-3-2-4-8-16/h2-9,12,14H,10-11,13H2,1H3,(H,23,27). The van der Waals surface area contributed by atoms with Crippen molar-refractivity contribution >= 4 is 17.0 Å². The Bertz CT molecular complexity index is 1230. The fourth-order valence-electron chi connectivity index (χ4n) is 3.13. The van der Waals surface area contributed by atoms with Crippen LogP contribution >= 0.6 is 0 Å². The van der Waals surface area contributed by atoms with Gasteiger partial charge in [-0.25, -0.2) is 4.98 Å². The number of hydrogen-bond donors (Lipinski definition) is 1. The molecule has 2 aromatic heterocycles. The Morgan fingerprint density at radius 2 is 2.00 bits per heavy atom. The van der Waals surface area contributed by atoms with Crippen LogP contribution in [0.2, 0.25) is 0 Å². The van der Waals surface area contributed by atoms with E-state index in [4.69, 9.17) is 9.26 Å². The maximum atomic E-state index is 12.9. The predicted octanol–water partition coefficient (Wildman–Crippen LogP) is 2.77. The van der Waals surface area contributed by atoms with Crippen molar-refractivity contribution in [2.75, 3.05) is 7.11 Å². The number of ether oxygens (including phenoxy) is 1. The van der Waals surface area contributed by atoms with Gasteiger partial charge in [-0.15, -0.1) is 0 Å². The van der Waals surface area contributed by atoms with Gasteiger partial charge in [0.1, 0.15) is 23.2 Å². The second-order valence-electron chi connectivity index (χ2n) is 6.70. The first-order valence-electron chi connectivity index (χ1n) is 9.45. The minimum absolute atomic E-state index is 0.142. The number of carbonyl (C=O) groups excluding carboxylic acids is 1. The molecule has 4 aromatic rings. The fraction of sp³-hybridized carbons (Fsp3) is 0.182. The highest BCUT2D eigenvalue weighted by Gasteiger charge is 2.17. The molecule has 1 N–H and O–H groups in total. The quantitative estimate of drug-likeness (QED) is 0.509. The van der Waals surface area contributed by atoms with Gasteiger partial charge in [-0.05, 0) is 17.7 Å². The summed E-state index contributed by atoms with van der Waals surface area (Å²) < 4.78 is 11.8. The van der Waals surface area contributed by atoms with Gasteiger partial charge in [-0.3, -0.25) is 14.2 Å². The van der Waals surface area contributed by atoms with E-state index in [1.54, 1.807) is 7.11 Å². The molecule has 0 radical (unpaired) electrons. The highest BCUT2D eigenvalue weighted by molar-refractivity contribution is 5.88. The van der Waals surface area contributed by atoms with Crippen molar-refractivity contribution in [1.29, 1.82) is 0 Å². The van der Waals surface area contributed by atoms with Crippen molar-refractivity contribution in [3.8, 4) is 17.0 Å². The summed E-state index contributed by atoms with van der Waals surface area (Å²) in [6.45, 7) is 0.581. The molecule has 152 valence electrons. The highest BCUT2D eigenvalue weighted by Crippen LogP contribution is 2.23. The first-order chi connectivity index (χ1) is 14.7. The van der Waals surface area contributed by atoms with E-state index in [2.05, 4.69) is 15.5 Å². The van der Waals surface area contributed by atoms with Gasteiger partial charge in [0.15, 0.2) is 0 Å². The number of methoxy groups -OCH3 is 1. The van der Waals surface area contributed by atoms with Crippen LogP contribution in [-0.4, -0.2) is 27.7 Å². The van der Waals surface area contributed by atoms with Gasteiger partial charge in [0, 0.05) is 25.1 Å². The molecule has 0 bridgehead atoms. The number of amides is 1. The van der Waals surface area contributed by atoms with Crippen LogP contribution < -0.4 is 15.6 Å². The highest BCUT2D eigenvalue weighted by atomic mass is 16.5. The summed E-state index contributed by atoms with van der Waals surface area (Å²) in [7, 11) is 1.60. The molecule has 0 unspecified atom stereocenters. The number of fused-ring (bicyclic) bond motifs is 1. The van der Waals surface area contributed by atoms with E-state index in [0.717, 1.165) is 16.9 Å². The Balaban J connectivity index is 1.45. The van der Waals surface area contributed by atoms with Crippen molar-refractivity contribution in [1.82, 2.24) is 20.0 Å². The zero-order valence-corrected chi connectivity index (χ0v) is 16.4. The number of aromatic nitrogens is 3. The van der Waals surface area contributed by atoms with Gasteiger partial charge >= 0.3 is 0 Å². The van der Waals surface area contributed by atoms with E-state index in [1.807, 2.05) is 54.6 Å². The Hall–Kier alpha value is -3.94. The van der Waals surface area contributed by atoms with Crippen molar-refractivity contribution in [3.63, 3.8) is 0 Å². The summed E-state index contributed by atoms with van der Waals surface area (Å²) in [6.07, 6.45) is 1.52. The number of nitrogens with one attached hydrogen (secondary N) is 1. The lowest BCUT2D eigenvalue weighted by Gasteiger charge is -2.08. The second-order valence-corrected chi connectivity index (χ2v) is 6.70. The van der Waals surface area contributed by atoms with E-state index >= 15 is 0 Å². The molecule has 0 aliphatic carbocycles. The van der Waals surface area contributed by atoms with Crippen LogP contribution in [0.4, 0.5) is 0 Å². The Kier molecular flexibility index (Phi) is 5.56. The molecular formula is C22H20N4O4. The molecule has 0 fully saturated rings. The molecule has 4 rings (SSSR count). The lowest BCUT2D eigenvalue weighted by Crippen LogP contribution is -2.27. The number of rotatable bonds is 7. The molecule has 0 spiro atoms. The van der Waals surface area contributed by atoms with Crippen LogP contribution in [0.1, 0.15) is 12.0 Å². The number of benzene rings is 2. The molecule has 2 heterocycles. The van der Waals surface area contributed by atoms with Crippen molar-refractivity contribution < 1.29 is 14.1 Å². The number of aryl methyl sites for hydroxylation is 1. The topological polar surface area (TPSA) is 99.2 Å². The maximum Gasteiger partial charge on any atom is 0.266 e. The first-order valence-corrected chi connectivity index (χ1v) is 9.45. The summed E-state index contributed by atoms with van der Waals surface area (Å²) in [5, 5.41) is 7.15. The van der Waals surface area contributed by atoms with E-state index in [9.17, 15) is 9.59 Å². The molecule has 8 nitrogen and oxygen atoms in total. The lowest BCUT2D eigenvalue weighted by molar-refractivity contribution is -0.121. The Labute approximate surface area is 172 Å². The van der Waals surface area contributed by atoms with Crippen molar-refractivity contribution in [2.45, 2.75) is 19.5 Å². The van der Waals surface area contributed by atoms with Crippen LogP contribution in [-0.2, 0) is 17.9 Å². The van der Waals surface area contributed by atoms with Crippen LogP contribution in [0.5, 0.6) is 5.75 Å². The van der Waals surface area contributed by atoms with Crippen LogP contribution in [0.15, 0.2) is 70.2 Å². The average molecular weight is 404 g/mol. The second kappa shape index (κ2) is 8.60. The molecule has 2 aromatic carbocycles. The van der Waals surface area contributed by atoms with E-state index in [1.165, 1.54) is 10.9 Å².